The normalized spacial score (nSPS) is 19.0. The van der Waals surface area contributed by atoms with Crippen molar-refractivity contribution < 1.29 is 0 Å². The summed E-state index contributed by atoms with van der Waals surface area (Å²) < 4.78 is 2.69. The predicted molar refractivity (Wildman–Crippen MR) is 79.4 cm³/mol. The molecule has 3 rings (SSSR count). The molecule has 4 nitrogen and oxygen atoms in total. The number of hydrogen-bond donors (Lipinski definition) is 1. The molecule has 1 unspecified atom stereocenters. The van der Waals surface area contributed by atoms with E-state index in [2.05, 4.69) is 34.2 Å². The Hall–Kier alpha value is -1.62. The molecule has 0 amide bonds. The maximum absolute atomic E-state index is 5.38. The Morgan fingerprint density at radius 2 is 2.16 bits per heavy atom. The van der Waals surface area contributed by atoms with Crippen LogP contribution in [0.2, 0.25) is 0 Å². The van der Waals surface area contributed by atoms with Crippen LogP contribution >= 0.6 is 12.2 Å². The first-order valence-electron chi connectivity index (χ1n) is 6.80. The van der Waals surface area contributed by atoms with E-state index in [9.17, 15) is 0 Å². The van der Waals surface area contributed by atoms with E-state index in [1.807, 2.05) is 22.8 Å². The molecule has 1 aromatic carbocycles. The van der Waals surface area contributed by atoms with Crippen LogP contribution in [0.15, 0.2) is 30.3 Å². The van der Waals surface area contributed by atoms with E-state index < -0.39 is 0 Å². The molecule has 2 aromatic rings. The van der Waals surface area contributed by atoms with Crippen molar-refractivity contribution in [2.75, 3.05) is 11.4 Å². The largest absolute Gasteiger partial charge is 0.338 e. The molecular weight excluding hydrogens is 256 g/mol. The highest BCUT2D eigenvalue weighted by molar-refractivity contribution is 7.71. The van der Waals surface area contributed by atoms with Crippen LogP contribution in [0, 0.1) is 4.77 Å². The minimum Gasteiger partial charge on any atom is -0.338 e. The highest BCUT2D eigenvalue weighted by Crippen LogP contribution is 2.27. The number of nitrogens with zero attached hydrogens (tertiary/aromatic N) is 3. The molecule has 1 aliphatic heterocycles. The molecule has 0 bridgehead atoms. The third-order valence-electron chi connectivity index (χ3n) is 3.77. The number of aromatic amines is 1. The second kappa shape index (κ2) is 5.17. The van der Waals surface area contributed by atoms with Gasteiger partial charge in [0, 0.05) is 12.6 Å². The van der Waals surface area contributed by atoms with E-state index >= 15 is 0 Å². The molecule has 1 saturated heterocycles. The molecule has 0 aliphatic carbocycles. The van der Waals surface area contributed by atoms with Gasteiger partial charge in [0.05, 0.1) is 5.69 Å². The molecule has 1 aromatic heterocycles. The van der Waals surface area contributed by atoms with Crippen molar-refractivity contribution >= 4 is 18.2 Å². The Kier molecular flexibility index (Phi) is 3.38. The summed E-state index contributed by atoms with van der Waals surface area (Å²) in [6.45, 7) is 3.29. The van der Waals surface area contributed by atoms with E-state index in [0.717, 1.165) is 24.6 Å². The van der Waals surface area contributed by atoms with E-state index in [1.165, 1.54) is 12.8 Å². The first kappa shape index (κ1) is 12.4. The minimum atomic E-state index is 0.577. The van der Waals surface area contributed by atoms with E-state index in [4.69, 9.17) is 12.2 Å². The maximum Gasteiger partial charge on any atom is 0.230 e. The first-order chi connectivity index (χ1) is 9.31. The number of hydrogen-bond acceptors (Lipinski definition) is 3. The van der Waals surface area contributed by atoms with Crippen LogP contribution in [0.25, 0.3) is 5.69 Å². The molecule has 1 fully saturated rings. The summed E-state index contributed by atoms with van der Waals surface area (Å²) in [6, 6.07) is 10.8. The summed E-state index contributed by atoms with van der Waals surface area (Å²) in [5.41, 5.74) is 1.07. The molecule has 19 heavy (non-hydrogen) atoms. The van der Waals surface area contributed by atoms with Gasteiger partial charge in [-0.3, -0.25) is 4.57 Å². The average Bonchev–Trinajstić information content (AvgIpc) is 3.05. The second-order valence-corrected chi connectivity index (χ2v) is 5.28. The molecule has 1 atom stereocenters. The number of benzene rings is 1. The molecule has 1 N–H and O–H groups in total. The quantitative estimate of drug-likeness (QED) is 0.872. The number of anilines is 1. The van der Waals surface area contributed by atoms with Crippen LogP contribution in [0.3, 0.4) is 0 Å². The van der Waals surface area contributed by atoms with Gasteiger partial charge in [0.1, 0.15) is 0 Å². The number of para-hydroxylation sites is 1. The van der Waals surface area contributed by atoms with Crippen molar-refractivity contribution in [2.24, 2.45) is 0 Å². The topological polar surface area (TPSA) is 36.9 Å². The van der Waals surface area contributed by atoms with Gasteiger partial charge in [-0.1, -0.05) is 25.1 Å². The van der Waals surface area contributed by atoms with Gasteiger partial charge < -0.3 is 4.90 Å². The highest BCUT2D eigenvalue weighted by atomic mass is 32.1. The van der Waals surface area contributed by atoms with Crippen molar-refractivity contribution in [1.29, 1.82) is 0 Å². The third kappa shape index (κ3) is 2.18. The molecule has 5 heteroatoms. The molecule has 2 heterocycles. The standard InChI is InChI=1S/C14H18N4S/c1-2-11-9-6-10-17(11)13-15-16-14(19)18(13)12-7-4-3-5-8-12/h3-5,7-8,11H,2,6,9-10H2,1H3,(H,16,19). The zero-order valence-corrected chi connectivity index (χ0v) is 11.9. The van der Waals surface area contributed by atoms with E-state index in [1.54, 1.807) is 0 Å². The summed E-state index contributed by atoms with van der Waals surface area (Å²) in [4.78, 5) is 2.37. The lowest BCUT2D eigenvalue weighted by Crippen LogP contribution is -2.31. The fourth-order valence-corrected chi connectivity index (χ4v) is 3.05. The Balaban J connectivity index is 2.07. The average molecular weight is 274 g/mol. The van der Waals surface area contributed by atoms with Crippen LogP contribution in [0.5, 0.6) is 0 Å². The summed E-state index contributed by atoms with van der Waals surface area (Å²) in [6.07, 6.45) is 3.62. The number of H-pyrrole nitrogens is 1. The lowest BCUT2D eigenvalue weighted by molar-refractivity contribution is 0.630. The molecule has 0 spiro atoms. The Morgan fingerprint density at radius 3 is 2.89 bits per heavy atom. The van der Waals surface area contributed by atoms with E-state index in [-0.39, 0.29) is 0 Å². The highest BCUT2D eigenvalue weighted by Gasteiger charge is 2.27. The van der Waals surface area contributed by atoms with Crippen LogP contribution in [-0.2, 0) is 0 Å². The van der Waals surface area contributed by atoms with Crippen molar-refractivity contribution in [3.05, 3.63) is 35.1 Å². The summed E-state index contributed by atoms with van der Waals surface area (Å²) >= 11 is 5.38. The molecular formula is C14H18N4S. The predicted octanol–water partition coefficient (Wildman–Crippen LogP) is 3.31. The van der Waals surface area contributed by atoms with Crippen LogP contribution < -0.4 is 4.90 Å². The Labute approximate surface area is 118 Å². The third-order valence-corrected chi connectivity index (χ3v) is 4.05. The lowest BCUT2D eigenvalue weighted by atomic mass is 10.2. The van der Waals surface area contributed by atoms with Gasteiger partial charge >= 0.3 is 0 Å². The smallest absolute Gasteiger partial charge is 0.230 e. The molecule has 1 aliphatic rings. The van der Waals surface area contributed by atoms with E-state index in [0.29, 0.717) is 10.8 Å². The van der Waals surface area contributed by atoms with Crippen LogP contribution in [0.4, 0.5) is 5.95 Å². The zero-order chi connectivity index (χ0) is 13.2. The van der Waals surface area contributed by atoms with Crippen molar-refractivity contribution in [3.8, 4) is 5.69 Å². The molecule has 100 valence electrons. The Bertz CT molecular complexity index is 601. The summed E-state index contributed by atoms with van der Waals surface area (Å²) in [7, 11) is 0. The van der Waals surface area contributed by atoms with Crippen molar-refractivity contribution in [3.63, 3.8) is 0 Å². The monoisotopic (exact) mass is 274 g/mol. The van der Waals surface area contributed by atoms with Gasteiger partial charge in [-0.2, -0.15) is 0 Å². The van der Waals surface area contributed by atoms with Gasteiger partial charge in [0.25, 0.3) is 0 Å². The van der Waals surface area contributed by atoms with Crippen LogP contribution in [0.1, 0.15) is 26.2 Å². The zero-order valence-electron chi connectivity index (χ0n) is 11.0. The summed E-state index contributed by atoms with van der Waals surface area (Å²) in [5, 5.41) is 7.38. The number of nitrogens with one attached hydrogen (secondary N) is 1. The van der Waals surface area contributed by atoms with Gasteiger partial charge in [0.15, 0.2) is 0 Å². The Morgan fingerprint density at radius 1 is 1.37 bits per heavy atom. The number of rotatable bonds is 3. The fourth-order valence-electron chi connectivity index (χ4n) is 2.81. The second-order valence-electron chi connectivity index (χ2n) is 4.90. The lowest BCUT2D eigenvalue weighted by Gasteiger charge is -2.24. The van der Waals surface area contributed by atoms with Gasteiger partial charge in [-0.05, 0) is 43.6 Å². The molecule has 0 radical (unpaired) electrons. The minimum absolute atomic E-state index is 0.577. The molecule has 0 saturated carbocycles. The SMILES string of the molecule is CCC1CCCN1c1n[nH]c(=S)n1-c1ccccc1. The fraction of sp³-hybridized carbons (Fsp3) is 0.429. The number of aromatic nitrogens is 3. The van der Waals surface area contributed by atoms with Crippen molar-refractivity contribution in [2.45, 2.75) is 32.2 Å². The van der Waals surface area contributed by atoms with Gasteiger partial charge in [-0.25, -0.2) is 5.10 Å². The first-order valence-corrected chi connectivity index (χ1v) is 7.21. The van der Waals surface area contributed by atoms with Crippen LogP contribution in [-0.4, -0.2) is 27.4 Å². The van der Waals surface area contributed by atoms with Gasteiger partial charge in [0.2, 0.25) is 10.7 Å². The maximum atomic E-state index is 5.38. The van der Waals surface area contributed by atoms with Crippen molar-refractivity contribution in [1.82, 2.24) is 14.8 Å². The summed E-state index contributed by atoms with van der Waals surface area (Å²) in [5.74, 6) is 0.945. The van der Waals surface area contributed by atoms with Gasteiger partial charge in [-0.15, -0.1) is 5.10 Å².